The number of benzene rings is 1. The van der Waals surface area contributed by atoms with Crippen molar-refractivity contribution >= 4 is 0 Å². The summed E-state index contributed by atoms with van der Waals surface area (Å²) in [6.45, 7) is 3.86. The van der Waals surface area contributed by atoms with E-state index in [1.807, 2.05) is 38.1 Å². The van der Waals surface area contributed by atoms with E-state index < -0.39 is 0 Å². The predicted molar refractivity (Wildman–Crippen MR) is 72.1 cm³/mol. The Bertz CT molecular complexity index is 526. The van der Waals surface area contributed by atoms with E-state index in [1.54, 1.807) is 7.11 Å². The molecule has 0 unspecified atom stereocenters. The monoisotopic (exact) mass is 261 g/mol. The van der Waals surface area contributed by atoms with Crippen LogP contribution >= 0.6 is 0 Å². The minimum absolute atomic E-state index is 0.343. The van der Waals surface area contributed by atoms with Crippen LogP contribution in [-0.2, 0) is 12.8 Å². The van der Waals surface area contributed by atoms with E-state index in [9.17, 15) is 0 Å². The van der Waals surface area contributed by atoms with Gasteiger partial charge in [0.25, 0.3) is 0 Å². The molecule has 0 saturated carbocycles. The standard InChI is InChI=1S/C14H19N3O2/c1-14(2,15)9-13-16-12(17-19-13)8-10-4-6-11(18-3)7-5-10/h4-7H,8-9,15H2,1-3H3. The van der Waals surface area contributed by atoms with Crippen LogP contribution in [0.2, 0.25) is 0 Å². The molecule has 0 bridgehead atoms. The average molecular weight is 261 g/mol. The Morgan fingerprint density at radius 2 is 1.95 bits per heavy atom. The number of ether oxygens (including phenoxy) is 1. The molecule has 2 rings (SSSR count). The molecule has 0 saturated heterocycles. The summed E-state index contributed by atoms with van der Waals surface area (Å²) in [6, 6.07) is 7.81. The molecule has 1 aromatic carbocycles. The highest BCUT2D eigenvalue weighted by atomic mass is 16.5. The molecule has 0 amide bonds. The van der Waals surface area contributed by atoms with Gasteiger partial charge >= 0.3 is 0 Å². The first-order chi connectivity index (χ1) is 8.96. The van der Waals surface area contributed by atoms with Crippen LogP contribution in [0, 0.1) is 0 Å². The highest BCUT2D eigenvalue weighted by molar-refractivity contribution is 5.28. The van der Waals surface area contributed by atoms with E-state index in [-0.39, 0.29) is 5.54 Å². The van der Waals surface area contributed by atoms with Crippen LogP contribution in [0.1, 0.15) is 31.1 Å². The lowest BCUT2D eigenvalue weighted by Crippen LogP contribution is -2.34. The molecule has 0 fully saturated rings. The van der Waals surface area contributed by atoms with Crippen molar-refractivity contribution in [3.8, 4) is 5.75 Å². The second kappa shape index (κ2) is 5.40. The summed E-state index contributed by atoms with van der Waals surface area (Å²) in [5, 5.41) is 3.97. The molecular formula is C14H19N3O2. The summed E-state index contributed by atoms with van der Waals surface area (Å²) in [5.74, 6) is 2.09. The van der Waals surface area contributed by atoms with Crippen LogP contribution in [0.4, 0.5) is 0 Å². The molecular weight excluding hydrogens is 242 g/mol. The van der Waals surface area contributed by atoms with Crippen molar-refractivity contribution in [2.45, 2.75) is 32.2 Å². The van der Waals surface area contributed by atoms with Crippen molar-refractivity contribution < 1.29 is 9.26 Å². The Balaban J connectivity index is 2.02. The fourth-order valence-electron chi connectivity index (χ4n) is 1.75. The molecule has 0 spiro atoms. The van der Waals surface area contributed by atoms with E-state index >= 15 is 0 Å². The van der Waals surface area contributed by atoms with Gasteiger partial charge in [0, 0.05) is 18.4 Å². The van der Waals surface area contributed by atoms with Crippen molar-refractivity contribution in [3.05, 3.63) is 41.5 Å². The van der Waals surface area contributed by atoms with Gasteiger partial charge in [0.2, 0.25) is 5.89 Å². The zero-order valence-corrected chi connectivity index (χ0v) is 11.5. The number of nitrogens with two attached hydrogens (primary N) is 1. The first kappa shape index (κ1) is 13.5. The molecule has 5 nitrogen and oxygen atoms in total. The van der Waals surface area contributed by atoms with Gasteiger partial charge in [-0.3, -0.25) is 0 Å². The van der Waals surface area contributed by atoms with Gasteiger partial charge < -0.3 is 15.0 Å². The van der Waals surface area contributed by atoms with Gasteiger partial charge in [0.05, 0.1) is 7.11 Å². The highest BCUT2D eigenvalue weighted by Gasteiger charge is 2.17. The molecule has 0 atom stereocenters. The quantitative estimate of drug-likeness (QED) is 0.890. The number of hydrogen-bond acceptors (Lipinski definition) is 5. The summed E-state index contributed by atoms with van der Waals surface area (Å²) >= 11 is 0. The maximum absolute atomic E-state index is 5.92. The highest BCUT2D eigenvalue weighted by Crippen LogP contribution is 2.14. The van der Waals surface area contributed by atoms with Crippen LogP contribution in [0.5, 0.6) is 5.75 Å². The van der Waals surface area contributed by atoms with Crippen molar-refractivity contribution in [3.63, 3.8) is 0 Å². The molecule has 102 valence electrons. The van der Waals surface area contributed by atoms with Gasteiger partial charge in [0.15, 0.2) is 5.82 Å². The molecule has 0 aliphatic heterocycles. The second-order valence-corrected chi connectivity index (χ2v) is 5.29. The van der Waals surface area contributed by atoms with Crippen molar-refractivity contribution in [2.24, 2.45) is 5.73 Å². The number of hydrogen-bond donors (Lipinski definition) is 1. The summed E-state index contributed by atoms with van der Waals surface area (Å²) in [7, 11) is 1.65. The molecule has 1 aromatic heterocycles. The number of methoxy groups -OCH3 is 1. The van der Waals surface area contributed by atoms with Crippen LogP contribution in [-0.4, -0.2) is 22.8 Å². The Hall–Kier alpha value is -1.88. The lowest BCUT2D eigenvalue weighted by atomic mass is 10.0. The van der Waals surface area contributed by atoms with Crippen LogP contribution in [0.15, 0.2) is 28.8 Å². The van der Waals surface area contributed by atoms with Gasteiger partial charge in [0.1, 0.15) is 5.75 Å². The Morgan fingerprint density at radius 1 is 1.26 bits per heavy atom. The molecule has 1 heterocycles. The zero-order chi connectivity index (χ0) is 13.9. The molecule has 19 heavy (non-hydrogen) atoms. The zero-order valence-electron chi connectivity index (χ0n) is 11.5. The SMILES string of the molecule is COc1ccc(Cc2noc(CC(C)(C)N)n2)cc1. The van der Waals surface area contributed by atoms with Crippen LogP contribution in [0.3, 0.4) is 0 Å². The lowest BCUT2D eigenvalue weighted by Gasteiger charge is -2.14. The topological polar surface area (TPSA) is 74.2 Å². The summed E-state index contributed by atoms with van der Waals surface area (Å²) in [5.41, 5.74) is 6.69. The van der Waals surface area contributed by atoms with E-state index in [0.29, 0.717) is 24.6 Å². The first-order valence-electron chi connectivity index (χ1n) is 6.19. The Morgan fingerprint density at radius 3 is 2.53 bits per heavy atom. The second-order valence-electron chi connectivity index (χ2n) is 5.29. The fourth-order valence-corrected chi connectivity index (χ4v) is 1.75. The van der Waals surface area contributed by atoms with E-state index in [0.717, 1.165) is 11.3 Å². The molecule has 0 radical (unpaired) electrons. The Labute approximate surface area is 112 Å². The van der Waals surface area contributed by atoms with E-state index in [4.69, 9.17) is 15.0 Å². The summed E-state index contributed by atoms with van der Waals surface area (Å²) < 4.78 is 10.3. The third-order valence-electron chi connectivity index (χ3n) is 2.64. The third kappa shape index (κ3) is 4.06. The fraction of sp³-hybridized carbons (Fsp3) is 0.429. The summed E-state index contributed by atoms with van der Waals surface area (Å²) in [6.07, 6.45) is 1.21. The average Bonchev–Trinajstić information content (AvgIpc) is 2.75. The van der Waals surface area contributed by atoms with Gasteiger partial charge in [-0.25, -0.2) is 0 Å². The van der Waals surface area contributed by atoms with Crippen molar-refractivity contribution in [1.29, 1.82) is 0 Å². The lowest BCUT2D eigenvalue weighted by molar-refractivity contribution is 0.345. The van der Waals surface area contributed by atoms with Crippen LogP contribution < -0.4 is 10.5 Å². The number of aromatic nitrogens is 2. The van der Waals surface area contributed by atoms with Crippen molar-refractivity contribution in [1.82, 2.24) is 10.1 Å². The van der Waals surface area contributed by atoms with Gasteiger partial charge in [-0.05, 0) is 31.5 Å². The molecule has 0 aliphatic rings. The normalized spacial score (nSPS) is 11.6. The van der Waals surface area contributed by atoms with E-state index in [2.05, 4.69) is 10.1 Å². The van der Waals surface area contributed by atoms with Gasteiger partial charge in [-0.15, -0.1) is 0 Å². The predicted octanol–water partition coefficient (Wildman–Crippen LogP) is 1.95. The maximum Gasteiger partial charge on any atom is 0.228 e. The van der Waals surface area contributed by atoms with Gasteiger partial charge in [-0.1, -0.05) is 17.3 Å². The van der Waals surface area contributed by atoms with Gasteiger partial charge in [-0.2, -0.15) is 4.98 Å². The third-order valence-corrected chi connectivity index (χ3v) is 2.64. The van der Waals surface area contributed by atoms with Crippen LogP contribution in [0.25, 0.3) is 0 Å². The van der Waals surface area contributed by atoms with Crippen molar-refractivity contribution in [2.75, 3.05) is 7.11 Å². The maximum atomic E-state index is 5.92. The smallest absolute Gasteiger partial charge is 0.228 e. The molecule has 2 aromatic rings. The molecule has 2 N–H and O–H groups in total. The minimum Gasteiger partial charge on any atom is -0.497 e. The largest absolute Gasteiger partial charge is 0.497 e. The minimum atomic E-state index is -0.343. The van der Waals surface area contributed by atoms with E-state index in [1.165, 1.54) is 0 Å². The molecule has 5 heteroatoms. The first-order valence-corrected chi connectivity index (χ1v) is 6.19. The molecule has 0 aliphatic carbocycles. The summed E-state index contributed by atoms with van der Waals surface area (Å²) in [4.78, 5) is 4.34. The number of nitrogens with zero attached hydrogens (tertiary/aromatic N) is 2. The Kier molecular flexibility index (Phi) is 3.85. The number of rotatable bonds is 5.